The van der Waals surface area contributed by atoms with Gasteiger partial charge in [0.15, 0.2) is 0 Å². The first kappa shape index (κ1) is 14.8. The van der Waals surface area contributed by atoms with Crippen LogP contribution in [0.5, 0.6) is 5.75 Å². The maximum Gasteiger partial charge on any atom is 0.395 e. The zero-order chi connectivity index (χ0) is 15.0. The Labute approximate surface area is 115 Å². The van der Waals surface area contributed by atoms with Gasteiger partial charge in [0.05, 0.1) is 0 Å². The summed E-state index contributed by atoms with van der Waals surface area (Å²) in [7, 11) is 0. The van der Waals surface area contributed by atoms with Crippen LogP contribution in [0, 0.1) is 0 Å². The van der Waals surface area contributed by atoms with Crippen molar-refractivity contribution < 1.29 is 23.1 Å². The molecule has 1 aromatic rings. The summed E-state index contributed by atoms with van der Waals surface area (Å²) >= 11 is 0. The number of halogens is 3. The number of carbonyl (C=O) groups is 1. The molecule has 1 aromatic carbocycles. The fraction of sp³-hybridized carbons (Fsp3) is 0.500. The van der Waals surface area contributed by atoms with Crippen molar-refractivity contribution in [2.75, 3.05) is 13.1 Å². The van der Waals surface area contributed by atoms with Crippen molar-refractivity contribution in [2.24, 2.45) is 0 Å². The molecule has 0 aromatic heterocycles. The number of piperidine rings is 1. The van der Waals surface area contributed by atoms with E-state index in [0.717, 1.165) is 5.56 Å². The Bertz CT molecular complexity index is 494. The second-order valence-electron chi connectivity index (χ2n) is 5.41. The Morgan fingerprint density at radius 3 is 2.20 bits per heavy atom. The average molecular weight is 287 g/mol. The standard InChI is InChI=1S/C14H16F3NO2/c1-13(10-2-4-11(19)5-3-10)6-8-18(9-7-13)14(16,17)12(15)20/h2-5,19H,6-9H2,1H3. The minimum absolute atomic E-state index is 0.0555. The molecule has 1 aliphatic heterocycles. The van der Waals surface area contributed by atoms with Gasteiger partial charge in [0.1, 0.15) is 5.75 Å². The van der Waals surface area contributed by atoms with E-state index < -0.39 is 12.1 Å². The molecule has 20 heavy (non-hydrogen) atoms. The summed E-state index contributed by atoms with van der Waals surface area (Å²) in [5.41, 5.74) is 0.615. The number of rotatable bonds is 3. The second-order valence-corrected chi connectivity index (χ2v) is 5.41. The molecule has 0 bridgehead atoms. The molecule has 0 unspecified atom stereocenters. The Morgan fingerprint density at radius 1 is 1.25 bits per heavy atom. The number of phenolic OH excluding ortho intramolecular Hbond substituents is 1. The number of nitrogens with zero attached hydrogens (tertiary/aromatic N) is 1. The molecule has 1 N–H and O–H groups in total. The third-order valence-electron chi connectivity index (χ3n) is 4.06. The van der Waals surface area contributed by atoms with Crippen molar-refractivity contribution in [3.05, 3.63) is 29.8 Å². The molecule has 0 atom stereocenters. The van der Waals surface area contributed by atoms with Gasteiger partial charge < -0.3 is 5.11 Å². The lowest BCUT2D eigenvalue weighted by molar-refractivity contribution is -0.192. The number of phenols is 1. The molecule has 3 nitrogen and oxygen atoms in total. The zero-order valence-electron chi connectivity index (χ0n) is 11.1. The van der Waals surface area contributed by atoms with E-state index in [4.69, 9.17) is 0 Å². The molecule has 1 fully saturated rings. The van der Waals surface area contributed by atoms with E-state index in [1.807, 2.05) is 6.92 Å². The highest BCUT2D eigenvalue weighted by molar-refractivity contribution is 5.75. The van der Waals surface area contributed by atoms with Gasteiger partial charge in [0, 0.05) is 13.1 Å². The Kier molecular flexibility index (Phi) is 3.77. The van der Waals surface area contributed by atoms with Crippen LogP contribution >= 0.6 is 0 Å². The van der Waals surface area contributed by atoms with E-state index in [0.29, 0.717) is 17.7 Å². The van der Waals surface area contributed by atoms with Gasteiger partial charge >= 0.3 is 12.1 Å². The van der Waals surface area contributed by atoms with Crippen LogP contribution in [-0.4, -0.2) is 35.2 Å². The molecule has 0 aliphatic carbocycles. The van der Waals surface area contributed by atoms with E-state index in [1.54, 1.807) is 24.3 Å². The number of benzene rings is 1. The predicted molar refractivity (Wildman–Crippen MR) is 67.3 cm³/mol. The first-order valence-electron chi connectivity index (χ1n) is 6.38. The summed E-state index contributed by atoms with van der Waals surface area (Å²) in [4.78, 5) is 10.9. The van der Waals surface area contributed by atoms with Gasteiger partial charge in [-0.25, -0.2) is 4.90 Å². The Hall–Kier alpha value is -1.56. The summed E-state index contributed by atoms with van der Waals surface area (Å²) < 4.78 is 39.0. The molecule has 6 heteroatoms. The number of alkyl halides is 2. The summed E-state index contributed by atoms with van der Waals surface area (Å²) in [5.74, 6) is 0.143. The molecule has 110 valence electrons. The van der Waals surface area contributed by atoms with Crippen LogP contribution in [0.25, 0.3) is 0 Å². The highest BCUT2D eigenvalue weighted by Crippen LogP contribution is 2.38. The first-order valence-corrected chi connectivity index (χ1v) is 6.38. The maximum absolute atomic E-state index is 13.3. The van der Waals surface area contributed by atoms with Crippen molar-refractivity contribution in [3.8, 4) is 5.75 Å². The van der Waals surface area contributed by atoms with Gasteiger partial charge in [-0.3, -0.25) is 4.79 Å². The number of carbonyl (C=O) groups excluding carboxylic acids is 1. The minimum atomic E-state index is -4.03. The summed E-state index contributed by atoms with van der Waals surface area (Å²) in [6, 6.07) is -0.0339. The lowest BCUT2D eigenvalue weighted by atomic mass is 9.74. The second kappa shape index (κ2) is 5.09. The van der Waals surface area contributed by atoms with Gasteiger partial charge in [0.2, 0.25) is 0 Å². The Morgan fingerprint density at radius 2 is 1.75 bits per heavy atom. The lowest BCUT2D eigenvalue weighted by Crippen LogP contribution is -2.52. The molecule has 1 saturated heterocycles. The van der Waals surface area contributed by atoms with Crippen molar-refractivity contribution >= 4 is 6.04 Å². The average Bonchev–Trinajstić information content (AvgIpc) is 2.39. The summed E-state index contributed by atoms with van der Waals surface area (Å²) in [6.07, 6.45) is 0.779. The van der Waals surface area contributed by atoms with Crippen molar-refractivity contribution in [1.29, 1.82) is 0 Å². The van der Waals surface area contributed by atoms with Crippen LogP contribution < -0.4 is 0 Å². The highest BCUT2D eigenvalue weighted by Gasteiger charge is 2.48. The van der Waals surface area contributed by atoms with Crippen molar-refractivity contribution in [3.63, 3.8) is 0 Å². The molecule has 0 radical (unpaired) electrons. The smallest absolute Gasteiger partial charge is 0.395 e. The molecular formula is C14H16F3NO2. The monoisotopic (exact) mass is 287 g/mol. The third kappa shape index (κ3) is 2.65. The molecular weight excluding hydrogens is 271 g/mol. The number of hydrogen-bond donors (Lipinski definition) is 1. The molecule has 0 amide bonds. The van der Waals surface area contributed by atoms with Crippen LogP contribution in [-0.2, 0) is 10.2 Å². The normalized spacial score (nSPS) is 19.8. The third-order valence-corrected chi connectivity index (χ3v) is 4.06. The van der Waals surface area contributed by atoms with E-state index >= 15 is 0 Å². The Balaban J connectivity index is 2.10. The van der Waals surface area contributed by atoms with E-state index in [1.165, 1.54) is 0 Å². The molecule has 2 rings (SSSR count). The van der Waals surface area contributed by atoms with Gasteiger partial charge in [-0.05, 0) is 36.0 Å². The van der Waals surface area contributed by atoms with Crippen molar-refractivity contribution in [1.82, 2.24) is 4.90 Å². The lowest BCUT2D eigenvalue weighted by Gasteiger charge is -2.41. The number of likely N-dealkylation sites (tertiary alicyclic amines) is 1. The first-order chi connectivity index (χ1) is 9.25. The quantitative estimate of drug-likeness (QED) is 0.686. The van der Waals surface area contributed by atoms with E-state index in [-0.39, 0.29) is 24.3 Å². The van der Waals surface area contributed by atoms with E-state index in [9.17, 15) is 23.1 Å². The molecule has 1 heterocycles. The van der Waals surface area contributed by atoms with E-state index in [2.05, 4.69) is 0 Å². The van der Waals surface area contributed by atoms with Gasteiger partial charge in [-0.15, -0.1) is 0 Å². The summed E-state index contributed by atoms with van der Waals surface area (Å²) in [5, 5.41) is 9.26. The van der Waals surface area contributed by atoms with Crippen LogP contribution in [0.15, 0.2) is 24.3 Å². The molecule has 0 spiro atoms. The summed E-state index contributed by atoms with van der Waals surface area (Å²) in [6.45, 7) is 1.83. The van der Waals surface area contributed by atoms with Crippen LogP contribution in [0.3, 0.4) is 0 Å². The minimum Gasteiger partial charge on any atom is -0.508 e. The fourth-order valence-corrected chi connectivity index (χ4v) is 2.56. The van der Waals surface area contributed by atoms with Gasteiger partial charge in [-0.1, -0.05) is 19.1 Å². The SMILES string of the molecule is CC1(c2ccc(O)cc2)CCN(C(F)(F)C(=O)F)CC1. The zero-order valence-corrected chi connectivity index (χ0v) is 11.1. The van der Waals surface area contributed by atoms with Gasteiger partial charge in [-0.2, -0.15) is 13.2 Å². The fourth-order valence-electron chi connectivity index (χ4n) is 2.56. The van der Waals surface area contributed by atoms with Crippen molar-refractivity contribution in [2.45, 2.75) is 31.2 Å². The molecule has 1 aliphatic rings. The van der Waals surface area contributed by atoms with Gasteiger partial charge in [0.25, 0.3) is 0 Å². The maximum atomic E-state index is 13.3. The molecule has 0 saturated carbocycles. The topological polar surface area (TPSA) is 40.5 Å². The number of aromatic hydroxyl groups is 1. The largest absolute Gasteiger partial charge is 0.508 e. The highest BCUT2D eigenvalue weighted by atomic mass is 19.3. The van der Waals surface area contributed by atoms with Crippen LogP contribution in [0.2, 0.25) is 0 Å². The van der Waals surface area contributed by atoms with Crippen LogP contribution in [0.1, 0.15) is 25.3 Å². The van der Waals surface area contributed by atoms with Crippen LogP contribution in [0.4, 0.5) is 13.2 Å². The number of hydrogen-bond acceptors (Lipinski definition) is 3. The predicted octanol–water partition coefficient (Wildman–Crippen LogP) is 2.83.